The summed E-state index contributed by atoms with van der Waals surface area (Å²) in [6, 6.07) is -4.86. The number of carbonyl (C=O) groups is 6. The second-order valence-electron chi connectivity index (χ2n) is 7.77. The zero-order valence-electron chi connectivity index (χ0n) is 17.5. The molecule has 1 aliphatic rings. The summed E-state index contributed by atoms with van der Waals surface area (Å²) in [7, 11) is 0. The van der Waals surface area contributed by atoms with E-state index in [2.05, 4.69) is 10.6 Å². The van der Waals surface area contributed by atoms with Crippen LogP contribution in [-0.4, -0.2) is 76.2 Å². The molecular formula is C18H30N6O7. The minimum Gasteiger partial charge on any atom is -0.480 e. The molecular weight excluding hydrogens is 412 g/mol. The third-order valence-electron chi connectivity index (χ3n) is 4.85. The van der Waals surface area contributed by atoms with Gasteiger partial charge in [-0.15, -0.1) is 0 Å². The molecule has 0 spiro atoms. The number of hydrogen-bond acceptors (Lipinski definition) is 7. The van der Waals surface area contributed by atoms with E-state index in [1.165, 1.54) is 4.90 Å². The normalized spacial score (nSPS) is 18.7. The predicted octanol–water partition coefficient (Wildman–Crippen LogP) is -3.23. The number of aliphatic carboxylic acids is 1. The van der Waals surface area contributed by atoms with Crippen molar-refractivity contribution < 1.29 is 33.9 Å². The topological polar surface area (TPSA) is 228 Å². The highest BCUT2D eigenvalue weighted by molar-refractivity contribution is 5.96. The van der Waals surface area contributed by atoms with Gasteiger partial charge in [0.2, 0.25) is 29.5 Å². The third-order valence-corrected chi connectivity index (χ3v) is 4.85. The van der Waals surface area contributed by atoms with Crippen LogP contribution in [0, 0.1) is 5.92 Å². The number of amides is 5. The predicted molar refractivity (Wildman–Crippen MR) is 107 cm³/mol. The molecule has 1 fully saturated rings. The number of nitrogens with zero attached hydrogens (tertiary/aromatic N) is 1. The lowest BCUT2D eigenvalue weighted by atomic mass is 10.0. The summed E-state index contributed by atoms with van der Waals surface area (Å²) in [5.74, 6) is -5.65. The van der Waals surface area contributed by atoms with Crippen LogP contribution in [0.3, 0.4) is 0 Å². The van der Waals surface area contributed by atoms with Crippen molar-refractivity contribution in [1.29, 1.82) is 0 Å². The maximum atomic E-state index is 12.8. The first kappa shape index (κ1) is 25.8. The fraction of sp³-hybridized carbons (Fsp3) is 0.667. The number of hydrogen-bond donors (Lipinski definition) is 6. The van der Waals surface area contributed by atoms with Gasteiger partial charge in [-0.3, -0.25) is 24.0 Å². The van der Waals surface area contributed by atoms with Crippen molar-refractivity contribution >= 4 is 35.5 Å². The molecule has 5 amide bonds. The molecule has 31 heavy (non-hydrogen) atoms. The standard InChI is InChI=1S/C18H30N6O7/c1-8(2)14(18(30)31)23-15(27)10(7-13(21)26)22-16(28)11-4-3-5-24(11)17(29)9(19)6-12(20)25/h8-11,14H,3-7,19H2,1-2H3,(H2,20,25)(H2,21,26)(H,22,28)(H,23,27)(H,30,31). The number of likely N-dealkylation sites (tertiary alicyclic amines) is 1. The Morgan fingerprint density at radius 1 is 1.03 bits per heavy atom. The van der Waals surface area contributed by atoms with Gasteiger partial charge in [0.15, 0.2) is 0 Å². The number of carboxylic acids is 1. The number of rotatable bonds is 11. The molecule has 9 N–H and O–H groups in total. The summed E-state index contributed by atoms with van der Waals surface area (Å²) in [6.07, 6.45) is -0.199. The van der Waals surface area contributed by atoms with Crippen molar-refractivity contribution in [2.45, 2.75) is 63.7 Å². The average Bonchev–Trinajstić information content (AvgIpc) is 3.12. The first-order valence-electron chi connectivity index (χ1n) is 9.81. The van der Waals surface area contributed by atoms with Gasteiger partial charge in [0.25, 0.3) is 0 Å². The number of carboxylic acid groups (broad SMARTS) is 1. The Morgan fingerprint density at radius 2 is 1.61 bits per heavy atom. The molecule has 0 aliphatic carbocycles. The smallest absolute Gasteiger partial charge is 0.326 e. The molecule has 13 nitrogen and oxygen atoms in total. The van der Waals surface area contributed by atoms with Crippen LogP contribution in [0.15, 0.2) is 0 Å². The van der Waals surface area contributed by atoms with E-state index < -0.39 is 72.0 Å². The Bertz CT molecular complexity index is 741. The summed E-state index contributed by atoms with van der Waals surface area (Å²) in [5, 5.41) is 13.9. The van der Waals surface area contributed by atoms with Crippen LogP contribution in [-0.2, 0) is 28.8 Å². The van der Waals surface area contributed by atoms with E-state index in [4.69, 9.17) is 17.2 Å². The molecule has 1 aliphatic heterocycles. The van der Waals surface area contributed by atoms with Gasteiger partial charge in [-0.25, -0.2) is 4.79 Å². The SMILES string of the molecule is CC(C)C(NC(=O)C(CC(N)=O)NC(=O)C1CCCN1C(=O)C(N)CC(N)=O)C(=O)O. The number of nitrogens with two attached hydrogens (primary N) is 3. The number of carbonyl (C=O) groups excluding carboxylic acids is 5. The molecule has 1 rings (SSSR count). The van der Waals surface area contributed by atoms with Gasteiger partial charge in [-0.1, -0.05) is 13.8 Å². The summed E-state index contributed by atoms with van der Waals surface area (Å²) < 4.78 is 0. The zero-order chi connectivity index (χ0) is 23.9. The van der Waals surface area contributed by atoms with Gasteiger partial charge in [0.05, 0.1) is 18.9 Å². The van der Waals surface area contributed by atoms with Crippen molar-refractivity contribution in [2.75, 3.05) is 6.54 Å². The fourth-order valence-corrected chi connectivity index (χ4v) is 3.27. The van der Waals surface area contributed by atoms with Crippen molar-refractivity contribution in [3.8, 4) is 0 Å². The van der Waals surface area contributed by atoms with Gasteiger partial charge in [0, 0.05) is 6.54 Å². The minimum absolute atomic E-state index is 0.213. The van der Waals surface area contributed by atoms with Crippen LogP contribution in [0.5, 0.6) is 0 Å². The summed E-state index contributed by atoms with van der Waals surface area (Å²) >= 11 is 0. The van der Waals surface area contributed by atoms with E-state index in [9.17, 15) is 33.9 Å². The third kappa shape index (κ3) is 7.51. The van der Waals surface area contributed by atoms with Crippen molar-refractivity contribution in [2.24, 2.45) is 23.1 Å². The molecule has 1 saturated heterocycles. The summed E-state index contributed by atoms with van der Waals surface area (Å²) in [6.45, 7) is 3.38. The molecule has 13 heteroatoms. The van der Waals surface area contributed by atoms with Crippen molar-refractivity contribution in [3.05, 3.63) is 0 Å². The molecule has 4 atom stereocenters. The first-order valence-corrected chi connectivity index (χ1v) is 9.81. The van der Waals surface area contributed by atoms with Crippen LogP contribution in [0.25, 0.3) is 0 Å². The average molecular weight is 442 g/mol. The summed E-state index contributed by atoms with van der Waals surface area (Å²) in [4.78, 5) is 72.7. The maximum Gasteiger partial charge on any atom is 0.326 e. The van der Waals surface area contributed by atoms with Gasteiger partial charge in [0.1, 0.15) is 18.1 Å². The van der Waals surface area contributed by atoms with E-state index >= 15 is 0 Å². The van der Waals surface area contributed by atoms with Crippen LogP contribution in [0.1, 0.15) is 39.5 Å². The lowest BCUT2D eigenvalue weighted by Gasteiger charge is -2.28. The Kier molecular flexibility index (Phi) is 9.37. The van der Waals surface area contributed by atoms with Crippen LogP contribution in [0.2, 0.25) is 0 Å². The van der Waals surface area contributed by atoms with E-state index in [1.54, 1.807) is 13.8 Å². The molecule has 0 aromatic heterocycles. The van der Waals surface area contributed by atoms with Gasteiger partial charge < -0.3 is 37.8 Å². The van der Waals surface area contributed by atoms with Gasteiger partial charge >= 0.3 is 5.97 Å². The molecule has 4 unspecified atom stereocenters. The largest absolute Gasteiger partial charge is 0.480 e. The molecule has 0 aromatic rings. The van der Waals surface area contributed by atoms with Crippen molar-refractivity contribution in [3.63, 3.8) is 0 Å². The Morgan fingerprint density at radius 3 is 2.10 bits per heavy atom. The second-order valence-corrected chi connectivity index (χ2v) is 7.77. The van der Waals surface area contributed by atoms with E-state index in [1.807, 2.05) is 0 Å². The quantitative estimate of drug-likeness (QED) is 0.190. The fourth-order valence-electron chi connectivity index (χ4n) is 3.27. The second kappa shape index (κ2) is 11.2. The molecule has 0 saturated carbocycles. The highest BCUT2D eigenvalue weighted by Crippen LogP contribution is 2.19. The first-order chi connectivity index (χ1) is 14.3. The Labute approximate surface area is 179 Å². The Balaban J connectivity index is 2.94. The molecule has 1 heterocycles. The zero-order valence-corrected chi connectivity index (χ0v) is 17.5. The molecule has 174 valence electrons. The highest BCUT2D eigenvalue weighted by Gasteiger charge is 2.38. The van der Waals surface area contributed by atoms with Gasteiger partial charge in [-0.05, 0) is 18.8 Å². The van der Waals surface area contributed by atoms with Crippen LogP contribution in [0.4, 0.5) is 0 Å². The number of primary amides is 2. The van der Waals surface area contributed by atoms with E-state index in [-0.39, 0.29) is 19.4 Å². The van der Waals surface area contributed by atoms with Crippen LogP contribution < -0.4 is 27.8 Å². The Hall–Kier alpha value is -3.22. The maximum absolute atomic E-state index is 12.8. The molecule has 0 aromatic carbocycles. The van der Waals surface area contributed by atoms with Crippen molar-refractivity contribution in [1.82, 2.24) is 15.5 Å². The molecule has 0 radical (unpaired) electrons. The van der Waals surface area contributed by atoms with E-state index in [0.29, 0.717) is 6.42 Å². The van der Waals surface area contributed by atoms with E-state index in [0.717, 1.165) is 0 Å². The monoisotopic (exact) mass is 442 g/mol. The lowest BCUT2D eigenvalue weighted by Crippen LogP contribution is -2.58. The molecule has 0 bridgehead atoms. The number of nitrogens with one attached hydrogen (secondary N) is 2. The van der Waals surface area contributed by atoms with Crippen LogP contribution >= 0.6 is 0 Å². The van der Waals surface area contributed by atoms with Gasteiger partial charge in [-0.2, -0.15) is 0 Å². The highest BCUT2D eigenvalue weighted by atomic mass is 16.4. The minimum atomic E-state index is -1.43. The summed E-state index contributed by atoms with van der Waals surface area (Å²) in [5.41, 5.74) is 15.9. The lowest BCUT2D eigenvalue weighted by molar-refractivity contribution is -0.144.